The lowest BCUT2D eigenvalue weighted by Crippen LogP contribution is -2.35. The molecule has 1 unspecified atom stereocenters. The SMILES string of the molecule is Cc1c(C(O)CN2CCc3nc(-n4cnc5ccccc54)ncc3C2)ccc2c1COC2=O. The number of β-amino-alcohol motifs (C(OH)–C–C–N with tert-alkyl or cyclic N) is 1. The van der Waals surface area contributed by atoms with Crippen LogP contribution in [0.1, 0.15) is 44.4 Å². The number of nitrogens with zero attached hydrogens (tertiary/aromatic N) is 5. The van der Waals surface area contributed by atoms with E-state index in [-0.39, 0.29) is 12.6 Å². The Bertz CT molecular complexity index is 1400. The Morgan fingerprint density at radius 2 is 2.06 bits per heavy atom. The Morgan fingerprint density at radius 3 is 2.97 bits per heavy atom. The number of aliphatic hydroxyl groups is 1. The molecule has 2 aliphatic heterocycles. The van der Waals surface area contributed by atoms with E-state index in [0.717, 1.165) is 51.9 Å². The number of hydrogen-bond donors (Lipinski definition) is 1. The average molecular weight is 441 g/mol. The number of fused-ring (bicyclic) bond motifs is 3. The van der Waals surface area contributed by atoms with Gasteiger partial charge in [-0.15, -0.1) is 0 Å². The fraction of sp³-hybridized carbons (Fsp3) is 0.280. The van der Waals surface area contributed by atoms with E-state index in [4.69, 9.17) is 9.72 Å². The normalized spacial score (nSPS) is 16.5. The van der Waals surface area contributed by atoms with Crippen LogP contribution in [0.2, 0.25) is 0 Å². The lowest BCUT2D eigenvalue weighted by molar-refractivity contribution is 0.0535. The number of imidazole rings is 1. The van der Waals surface area contributed by atoms with E-state index < -0.39 is 6.10 Å². The number of carbonyl (C=O) groups is 1. The summed E-state index contributed by atoms with van der Waals surface area (Å²) in [5, 5.41) is 11.0. The molecule has 2 aromatic heterocycles. The molecule has 0 saturated heterocycles. The topological polar surface area (TPSA) is 93.4 Å². The third-order valence-corrected chi connectivity index (χ3v) is 6.67. The highest BCUT2D eigenvalue weighted by molar-refractivity contribution is 5.94. The van der Waals surface area contributed by atoms with Crippen LogP contribution >= 0.6 is 0 Å². The van der Waals surface area contributed by atoms with Crippen LogP contribution in [0, 0.1) is 6.92 Å². The van der Waals surface area contributed by atoms with E-state index in [2.05, 4.69) is 14.9 Å². The summed E-state index contributed by atoms with van der Waals surface area (Å²) in [5.41, 5.74) is 7.27. The van der Waals surface area contributed by atoms with E-state index in [1.807, 2.05) is 48.0 Å². The summed E-state index contributed by atoms with van der Waals surface area (Å²) in [4.78, 5) is 27.8. The van der Waals surface area contributed by atoms with Gasteiger partial charge in [0.15, 0.2) is 0 Å². The van der Waals surface area contributed by atoms with E-state index in [9.17, 15) is 9.90 Å². The molecule has 1 N–H and O–H groups in total. The zero-order valence-corrected chi connectivity index (χ0v) is 18.2. The second-order valence-corrected chi connectivity index (χ2v) is 8.63. The molecule has 4 aromatic rings. The van der Waals surface area contributed by atoms with E-state index >= 15 is 0 Å². The molecule has 2 aliphatic rings. The zero-order chi connectivity index (χ0) is 22.5. The smallest absolute Gasteiger partial charge is 0.338 e. The van der Waals surface area contributed by atoms with Crippen molar-refractivity contribution in [1.82, 2.24) is 24.4 Å². The van der Waals surface area contributed by atoms with Gasteiger partial charge in [-0.3, -0.25) is 9.47 Å². The van der Waals surface area contributed by atoms with Gasteiger partial charge < -0.3 is 9.84 Å². The lowest BCUT2D eigenvalue weighted by atomic mass is 9.95. The maximum Gasteiger partial charge on any atom is 0.338 e. The molecule has 6 rings (SSSR count). The molecule has 0 bridgehead atoms. The third-order valence-electron chi connectivity index (χ3n) is 6.67. The second kappa shape index (κ2) is 7.75. The summed E-state index contributed by atoms with van der Waals surface area (Å²) in [6.07, 6.45) is 3.78. The molecule has 2 aromatic carbocycles. The molecule has 8 heteroatoms. The summed E-state index contributed by atoms with van der Waals surface area (Å²) in [6.45, 7) is 4.21. The van der Waals surface area contributed by atoms with Gasteiger partial charge in [0.2, 0.25) is 5.95 Å². The Labute approximate surface area is 190 Å². The van der Waals surface area contributed by atoms with Crippen LogP contribution in [-0.2, 0) is 24.3 Å². The van der Waals surface area contributed by atoms with Crippen molar-refractivity contribution >= 4 is 17.0 Å². The summed E-state index contributed by atoms with van der Waals surface area (Å²) < 4.78 is 7.05. The van der Waals surface area contributed by atoms with Gasteiger partial charge in [-0.2, -0.15) is 0 Å². The minimum atomic E-state index is -0.648. The quantitative estimate of drug-likeness (QED) is 0.487. The standard InChI is InChI=1S/C25H23N5O3/c1-15-17(6-7-18-19(15)13-33-24(18)32)23(31)12-29-9-8-20-16(11-29)10-26-25(28-20)30-14-27-21-4-2-3-5-22(21)30/h2-7,10,14,23,31H,8-9,11-13H2,1H3. The molecule has 0 fully saturated rings. The number of carbonyl (C=O) groups excluding carboxylic acids is 1. The molecule has 0 spiro atoms. The van der Waals surface area contributed by atoms with Crippen molar-refractivity contribution in [1.29, 1.82) is 0 Å². The average Bonchev–Trinajstić information content (AvgIpc) is 3.43. The highest BCUT2D eigenvalue weighted by Gasteiger charge is 2.27. The lowest BCUT2D eigenvalue weighted by Gasteiger charge is -2.30. The summed E-state index contributed by atoms with van der Waals surface area (Å²) >= 11 is 0. The first-order chi connectivity index (χ1) is 16.1. The molecule has 8 nitrogen and oxygen atoms in total. The van der Waals surface area contributed by atoms with Crippen molar-refractivity contribution < 1.29 is 14.6 Å². The monoisotopic (exact) mass is 441 g/mol. The van der Waals surface area contributed by atoms with Crippen molar-refractivity contribution in [3.63, 3.8) is 0 Å². The van der Waals surface area contributed by atoms with Gasteiger partial charge in [0.05, 0.1) is 28.4 Å². The molecule has 0 amide bonds. The molecule has 0 saturated carbocycles. The number of cyclic esters (lactones) is 1. The number of hydrogen-bond acceptors (Lipinski definition) is 7. The fourth-order valence-corrected chi connectivity index (χ4v) is 4.83. The molecule has 0 radical (unpaired) electrons. The minimum absolute atomic E-state index is 0.281. The van der Waals surface area contributed by atoms with Gasteiger partial charge in [-0.1, -0.05) is 18.2 Å². The molecule has 1 atom stereocenters. The maximum atomic E-state index is 11.8. The first kappa shape index (κ1) is 20.0. The summed E-state index contributed by atoms with van der Waals surface area (Å²) in [6, 6.07) is 11.5. The maximum absolute atomic E-state index is 11.8. The van der Waals surface area contributed by atoms with Gasteiger partial charge in [-0.05, 0) is 36.2 Å². The van der Waals surface area contributed by atoms with Crippen LogP contribution < -0.4 is 0 Å². The molecule has 0 aliphatic carbocycles. The zero-order valence-electron chi connectivity index (χ0n) is 18.2. The van der Waals surface area contributed by atoms with E-state index in [1.54, 1.807) is 12.4 Å². The number of esters is 1. The van der Waals surface area contributed by atoms with Crippen molar-refractivity contribution in [2.24, 2.45) is 0 Å². The number of aliphatic hydroxyl groups excluding tert-OH is 1. The van der Waals surface area contributed by atoms with Crippen LogP contribution in [0.25, 0.3) is 17.0 Å². The fourth-order valence-electron chi connectivity index (χ4n) is 4.83. The highest BCUT2D eigenvalue weighted by Crippen LogP contribution is 2.30. The van der Waals surface area contributed by atoms with Crippen molar-refractivity contribution in [3.8, 4) is 5.95 Å². The van der Waals surface area contributed by atoms with Crippen LogP contribution in [0.4, 0.5) is 0 Å². The minimum Gasteiger partial charge on any atom is -0.457 e. The van der Waals surface area contributed by atoms with E-state index in [1.165, 1.54) is 0 Å². The Balaban J connectivity index is 1.20. The second-order valence-electron chi connectivity index (χ2n) is 8.63. The first-order valence-electron chi connectivity index (χ1n) is 11.1. The molecular formula is C25H23N5O3. The number of ether oxygens (including phenoxy) is 1. The highest BCUT2D eigenvalue weighted by atomic mass is 16.5. The summed E-state index contributed by atoms with van der Waals surface area (Å²) in [7, 11) is 0. The van der Waals surface area contributed by atoms with Crippen LogP contribution in [-0.4, -0.2) is 48.6 Å². The molecule has 33 heavy (non-hydrogen) atoms. The predicted molar refractivity (Wildman–Crippen MR) is 121 cm³/mol. The number of benzene rings is 2. The van der Waals surface area contributed by atoms with Crippen molar-refractivity contribution in [2.75, 3.05) is 13.1 Å². The number of rotatable bonds is 4. The summed E-state index contributed by atoms with van der Waals surface area (Å²) in [5.74, 6) is 0.339. The molecule has 166 valence electrons. The Kier molecular flexibility index (Phi) is 4.70. The van der Waals surface area contributed by atoms with Crippen LogP contribution in [0.5, 0.6) is 0 Å². The van der Waals surface area contributed by atoms with Crippen LogP contribution in [0.15, 0.2) is 48.9 Å². The van der Waals surface area contributed by atoms with Crippen LogP contribution in [0.3, 0.4) is 0 Å². The Morgan fingerprint density at radius 1 is 1.18 bits per heavy atom. The number of para-hydroxylation sites is 2. The van der Waals surface area contributed by atoms with Gasteiger partial charge in [0, 0.05) is 43.4 Å². The van der Waals surface area contributed by atoms with Gasteiger partial charge >= 0.3 is 5.97 Å². The first-order valence-corrected chi connectivity index (χ1v) is 11.1. The molecule has 4 heterocycles. The Hall–Kier alpha value is -3.62. The third kappa shape index (κ3) is 3.39. The van der Waals surface area contributed by atoms with Crippen molar-refractivity contribution in [2.45, 2.75) is 32.6 Å². The van der Waals surface area contributed by atoms with Gasteiger partial charge in [0.1, 0.15) is 12.9 Å². The predicted octanol–water partition coefficient (Wildman–Crippen LogP) is 2.89. The molecular weight excluding hydrogens is 418 g/mol. The van der Waals surface area contributed by atoms with Crippen molar-refractivity contribution in [3.05, 3.63) is 82.4 Å². The van der Waals surface area contributed by atoms with Gasteiger partial charge in [-0.25, -0.2) is 19.7 Å². The van der Waals surface area contributed by atoms with Gasteiger partial charge in [0.25, 0.3) is 0 Å². The largest absolute Gasteiger partial charge is 0.457 e. The van der Waals surface area contributed by atoms with E-state index in [0.29, 0.717) is 24.6 Å². The number of aromatic nitrogens is 4.